The fourth-order valence-corrected chi connectivity index (χ4v) is 6.11. The van der Waals surface area contributed by atoms with Crippen LogP contribution in [-0.2, 0) is 6.54 Å². The van der Waals surface area contributed by atoms with Crippen LogP contribution in [0.2, 0.25) is 0 Å². The number of imidazole rings is 1. The number of hydrogen-bond donors (Lipinski definition) is 3. The molecule has 5 heterocycles. The van der Waals surface area contributed by atoms with Gasteiger partial charge in [-0.1, -0.05) is 31.0 Å². The molecule has 0 aliphatic heterocycles. The van der Waals surface area contributed by atoms with Gasteiger partial charge in [0.15, 0.2) is 11.5 Å². The highest BCUT2D eigenvalue weighted by Gasteiger charge is 2.17. The van der Waals surface area contributed by atoms with Gasteiger partial charge in [0.25, 0.3) is 0 Å². The van der Waals surface area contributed by atoms with E-state index in [-0.39, 0.29) is 0 Å². The number of nitrogens with zero attached hydrogens (tertiary/aromatic N) is 4. The van der Waals surface area contributed by atoms with E-state index in [4.69, 9.17) is 9.97 Å². The number of pyridine rings is 2. The Morgan fingerprint density at radius 1 is 0.946 bits per heavy atom. The van der Waals surface area contributed by atoms with Crippen LogP contribution in [0.1, 0.15) is 31.2 Å². The molecule has 1 saturated carbocycles. The quantitative estimate of drug-likeness (QED) is 0.228. The number of fused-ring (bicyclic) bond motifs is 2. The molecule has 184 valence electrons. The fraction of sp³-hybridized carbons (Fsp3) is 0.241. The third-order valence-corrected chi connectivity index (χ3v) is 8.16. The van der Waals surface area contributed by atoms with Crippen LogP contribution in [-0.4, -0.2) is 36.7 Å². The molecule has 0 bridgehead atoms. The first-order valence-corrected chi connectivity index (χ1v) is 13.7. The van der Waals surface area contributed by atoms with E-state index in [1.165, 1.54) is 36.1 Å². The topological polar surface area (TPSA) is 95.2 Å². The van der Waals surface area contributed by atoms with E-state index in [2.05, 4.69) is 67.3 Å². The molecule has 7 rings (SSSR count). The Kier molecular flexibility index (Phi) is 5.75. The lowest BCUT2D eigenvalue weighted by molar-refractivity contribution is 0.489. The molecule has 7 nitrogen and oxygen atoms in total. The van der Waals surface area contributed by atoms with Crippen LogP contribution >= 0.6 is 11.3 Å². The molecule has 0 atom stereocenters. The Labute approximate surface area is 218 Å². The van der Waals surface area contributed by atoms with Crippen molar-refractivity contribution < 1.29 is 0 Å². The van der Waals surface area contributed by atoms with E-state index in [0.717, 1.165) is 57.9 Å². The van der Waals surface area contributed by atoms with Crippen LogP contribution in [0.25, 0.3) is 55.3 Å². The first kappa shape index (κ1) is 22.3. The van der Waals surface area contributed by atoms with Gasteiger partial charge in [-0.15, -0.1) is 11.3 Å². The highest BCUT2D eigenvalue weighted by atomic mass is 32.1. The molecule has 1 aromatic carbocycles. The third kappa shape index (κ3) is 4.32. The molecule has 8 heteroatoms. The molecule has 1 aliphatic rings. The van der Waals surface area contributed by atoms with Gasteiger partial charge in [-0.3, -0.25) is 10.1 Å². The van der Waals surface area contributed by atoms with Crippen molar-refractivity contribution >= 4 is 33.4 Å². The van der Waals surface area contributed by atoms with E-state index in [1.54, 1.807) is 11.3 Å². The summed E-state index contributed by atoms with van der Waals surface area (Å²) < 4.78 is 0. The van der Waals surface area contributed by atoms with E-state index < -0.39 is 0 Å². The zero-order valence-electron chi connectivity index (χ0n) is 20.4. The van der Waals surface area contributed by atoms with Gasteiger partial charge in [-0.2, -0.15) is 5.10 Å². The van der Waals surface area contributed by atoms with Crippen molar-refractivity contribution in [1.82, 2.24) is 35.5 Å². The summed E-state index contributed by atoms with van der Waals surface area (Å²) in [5.74, 6) is 1.53. The molecule has 1 aliphatic carbocycles. The summed E-state index contributed by atoms with van der Waals surface area (Å²) in [5.41, 5.74) is 8.46. The van der Waals surface area contributed by atoms with Crippen molar-refractivity contribution in [2.24, 2.45) is 5.92 Å². The average Bonchev–Trinajstić information content (AvgIpc) is 3.74. The van der Waals surface area contributed by atoms with Crippen LogP contribution in [0.15, 0.2) is 66.3 Å². The second-order valence-corrected chi connectivity index (χ2v) is 10.7. The first-order valence-electron chi connectivity index (χ1n) is 12.8. The lowest BCUT2D eigenvalue weighted by Gasteiger charge is -2.11. The van der Waals surface area contributed by atoms with E-state index >= 15 is 0 Å². The Morgan fingerprint density at radius 3 is 2.78 bits per heavy atom. The molecule has 3 N–H and O–H groups in total. The minimum Gasteiger partial charge on any atom is -0.336 e. The second-order valence-electron chi connectivity index (χ2n) is 9.79. The third-order valence-electron chi connectivity index (χ3n) is 7.26. The zero-order valence-corrected chi connectivity index (χ0v) is 21.2. The van der Waals surface area contributed by atoms with Gasteiger partial charge >= 0.3 is 0 Å². The molecular formula is C29H27N7S. The van der Waals surface area contributed by atoms with Crippen LogP contribution < -0.4 is 5.32 Å². The van der Waals surface area contributed by atoms with Gasteiger partial charge < -0.3 is 10.3 Å². The lowest BCUT2D eigenvalue weighted by atomic mass is 10.1. The monoisotopic (exact) mass is 505 g/mol. The van der Waals surface area contributed by atoms with Crippen LogP contribution in [0, 0.1) is 5.92 Å². The SMILES string of the molecule is c1csc(-c2cccc3[nH]c(-c4n[nH]c5ccc(-c6cncc(CNCC7CCCC7)c6)nc45)nc23)c1. The van der Waals surface area contributed by atoms with Crippen molar-refractivity contribution in [3.8, 4) is 33.2 Å². The summed E-state index contributed by atoms with van der Waals surface area (Å²) in [6, 6.07) is 16.6. The van der Waals surface area contributed by atoms with Crippen LogP contribution in [0.4, 0.5) is 0 Å². The molecule has 5 aromatic heterocycles. The smallest absolute Gasteiger partial charge is 0.161 e. The van der Waals surface area contributed by atoms with Gasteiger partial charge in [-0.05, 0) is 66.6 Å². The Balaban J connectivity index is 1.20. The predicted octanol–water partition coefficient (Wildman–Crippen LogP) is 6.57. The van der Waals surface area contributed by atoms with Gasteiger partial charge in [-0.25, -0.2) is 9.97 Å². The van der Waals surface area contributed by atoms with Crippen molar-refractivity contribution in [3.05, 3.63) is 71.9 Å². The zero-order chi connectivity index (χ0) is 24.6. The number of benzene rings is 1. The second kappa shape index (κ2) is 9.53. The summed E-state index contributed by atoms with van der Waals surface area (Å²) in [6.45, 7) is 1.90. The number of para-hydroxylation sites is 1. The van der Waals surface area contributed by atoms with Crippen LogP contribution in [0.5, 0.6) is 0 Å². The minimum atomic E-state index is 0.706. The summed E-state index contributed by atoms with van der Waals surface area (Å²) in [6.07, 6.45) is 9.26. The highest BCUT2D eigenvalue weighted by Crippen LogP contribution is 2.33. The van der Waals surface area contributed by atoms with Crippen molar-refractivity contribution in [2.75, 3.05) is 6.54 Å². The molecule has 0 spiro atoms. The van der Waals surface area contributed by atoms with Crippen LogP contribution in [0.3, 0.4) is 0 Å². The number of aromatic nitrogens is 6. The van der Waals surface area contributed by atoms with Gasteiger partial charge in [0, 0.05) is 34.9 Å². The Bertz CT molecular complexity index is 1680. The maximum absolute atomic E-state index is 5.00. The lowest BCUT2D eigenvalue weighted by Crippen LogP contribution is -2.20. The summed E-state index contributed by atoms with van der Waals surface area (Å²) in [4.78, 5) is 19.1. The summed E-state index contributed by atoms with van der Waals surface area (Å²) >= 11 is 1.71. The number of hydrogen-bond acceptors (Lipinski definition) is 6. The number of thiophene rings is 1. The predicted molar refractivity (Wildman–Crippen MR) is 149 cm³/mol. The molecular weight excluding hydrogens is 478 g/mol. The normalized spacial score (nSPS) is 14.3. The Morgan fingerprint density at radius 2 is 1.89 bits per heavy atom. The largest absolute Gasteiger partial charge is 0.336 e. The maximum Gasteiger partial charge on any atom is 0.161 e. The number of H-pyrrole nitrogens is 2. The molecule has 1 fully saturated rings. The molecule has 6 aromatic rings. The summed E-state index contributed by atoms with van der Waals surface area (Å²) in [5, 5.41) is 13.4. The molecule has 0 radical (unpaired) electrons. The summed E-state index contributed by atoms with van der Waals surface area (Å²) in [7, 11) is 0. The van der Waals surface area contributed by atoms with E-state index in [1.807, 2.05) is 24.5 Å². The van der Waals surface area contributed by atoms with E-state index in [9.17, 15) is 0 Å². The molecule has 0 unspecified atom stereocenters. The highest BCUT2D eigenvalue weighted by molar-refractivity contribution is 7.13. The number of rotatable bonds is 7. The van der Waals surface area contributed by atoms with Gasteiger partial charge in [0.1, 0.15) is 5.52 Å². The standard InChI is InChI=1S/C29H27N7S/c1-2-6-18(5-1)14-30-15-19-13-20(17-31-16-19)22-10-11-24-27(32-22)28(36-35-24)29-33-23-8-3-7-21(26(23)34-29)25-9-4-12-37-25/h3-4,7-13,16-18,30H,1-2,5-6,14-15H2,(H,33,34)(H,35,36). The van der Waals surface area contributed by atoms with Gasteiger partial charge in [0.2, 0.25) is 0 Å². The van der Waals surface area contributed by atoms with Crippen molar-refractivity contribution in [1.29, 1.82) is 0 Å². The van der Waals surface area contributed by atoms with Gasteiger partial charge in [0.05, 0.1) is 22.2 Å². The molecule has 0 amide bonds. The average molecular weight is 506 g/mol. The number of aromatic amines is 2. The van der Waals surface area contributed by atoms with Crippen molar-refractivity contribution in [3.63, 3.8) is 0 Å². The first-order chi connectivity index (χ1) is 18.3. The minimum absolute atomic E-state index is 0.706. The number of nitrogens with one attached hydrogen (secondary N) is 3. The van der Waals surface area contributed by atoms with Crippen molar-refractivity contribution in [2.45, 2.75) is 32.2 Å². The fourth-order valence-electron chi connectivity index (χ4n) is 5.36. The Hall–Kier alpha value is -3.88. The molecule has 37 heavy (non-hydrogen) atoms. The molecule has 0 saturated heterocycles. The van der Waals surface area contributed by atoms with E-state index in [0.29, 0.717) is 11.5 Å². The maximum atomic E-state index is 5.00.